The summed E-state index contributed by atoms with van der Waals surface area (Å²) in [5.41, 5.74) is 10.5. The summed E-state index contributed by atoms with van der Waals surface area (Å²) in [5.74, 6) is 0.684. The standard InChI is InChI=1S/C6H4O2.C5H7N3/c7-5-1-2-6(8)4-3-5;6-4-2-1-3-5(7)8-4/h1-4H;1-3H,(H4,6,7,8). The van der Waals surface area contributed by atoms with E-state index >= 15 is 0 Å². The van der Waals surface area contributed by atoms with Gasteiger partial charge in [0.25, 0.3) is 0 Å². The second kappa shape index (κ2) is 5.45. The van der Waals surface area contributed by atoms with E-state index < -0.39 is 0 Å². The zero-order valence-electron chi connectivity index (χ0n) is 8.46. The van der Waals surface area contributed by atoms with Gasteiger partial charge >= 0.3 is 0 Å². The highest BCUT2D eigenvalue weighted by molar-refractivity contribution is 6.14. The van der Waals surface area contributed by atoms with Gasteiger partial charge in [0, 0.05) is 0 Å². The lowest BCUT2D eigenvalue weighted by molar-refractivity contribution is -0.113. The zero-order chi connectivity index (χ0) is 12.0. The predicted octanol–water partition coefficient (Wildman–Crippen LogP) is 0.497. The van der Waals surface area contributed by atoms with Gasteiger partial charge in [0.15, 0.2) is 11.6 Å². The third kappa shape index (κ3) is 4.19. The molecule has 1 heterocycles. The Morgan fingerprint density at radius 1 is 0.812 bits per heavy atom. The summed E-state index contributed by atoms with van der Waals surface area (Å²) in [5, 5.41) is 0. The SMILES string of the molecule is Nc1cccc(N)n1.O=C1C=CC(=O)C=C1. The van der Waals surface area contributed by atoms with E-state index in [-0.39, 0.29) is 11.6 Å². The molecule has 1 aromatic heterocycles. The van der Waals surface area contributed by atoms with Gasteiger partial charge in [-0.3, -0.25) is 9.59 Å². The summed E-state index contributed by atoms with van der Waals surface area (Å²) in [6.45, 7) is 0. The molecule has 0 spiro atoms. The number of carbonyl (C=O) groups excluding carboxylic acids is 2. The first-order valence-electron chi connectivity index (χ1n) is 4.50. The number of ketones is 2. The highest BCUT2D eigenvalue weighted by Gasteiger charge is 1.97. The summed E-state index contributed by atoms with van der Waals surface area (Å²) in [7, 11) is 0. The number of nitrogen functional groups attached to an aromatic ring is 2. The average molecular weight is 217 g/mol. The molecule has 0 saturated carbocycles. The van der Waals surface area contributed by atoms with Crippen LogP contribution in [0.15, 0.2) is 42.5 Å². The van der Waals surface area contributed by atoms with Crippen LogP contribution in [-0.4, -0.2) is 16.6 Å². The first kappa shape index (κ1) is 11.6. The molecule has 1 aliphatic carbocycles. The normalized spacial score (nSPS) is 13.2. The Morgan fingerprint density at radius 2 is 1.19 bits per heavy atom. The van der Waals surface area contributed by atoms with Gasteiger partial charge in [0.2, 0.25) is 0 Å². The minimum atomic E-state index is -0.121. The first-order chi connectivity index (χ1) is 7.58. The van der Waals surface area contributed by atoms with Crippen LogP contribution in [0.4, 0.5) is 11.6 Å². The van der Waals surface area contributed by atoms with Crippen LogP contribution in [0.5, 0.6) is 0 Å². The molecular weight excluding hydrogens is 206 g/mol. The summed E-state index contributed by atoms with van der Waals surface area (Å²) >= 11 is 0. The molecule has 0 amide bonds. The van der Waals surface area contributed by atoms with Crippen molar-refractivity contribution in [1.29, 1.82) is 0 Å². The molecule has 0 unspecified atom stereocenters. The molecule has 2 rings (SSSR count). The number of nitrogens with zero attached hydrogens (tertiary/aromatic N) is 1. The topological polar surface area (TPSA) is 99.1 Å². The van der Waals surface area contributed by atoms with E-state index in [1.165, 1.54) is 24.3 Å². The number of nitrogens with two attached hydrogens (primary N) is 2. The van der Waals surface area contributed by atoms with Gasteiger partial charge in [-0.05, 0) is 36.4 Å². The lowest BCUT2D eigenvalue weighted by Crippen LogP contribution is -1.97. The largest absolute Gasteiger partial charge is 0.384 e. The second-order valence-electron chi connectivity index (χ2n) is 2.96. The van der Waals surface area contributed by atoms with Crippen molar-refractivity contribution in [3.63, 3.8) is 0 Å². The van der Waals surface area contributed by atoms with Crippen LogP contribution in [0.1, 0.15) is 0 Å². The van der Waals surface area contributed by atoms with Crippen LogP contribution in [0, 0.1) is 0 Å². The molecule has 4 N–H and O–H groups in total. The zero-order valence-corrected chi connectivity index (χ0v) is 8.46. The minimum Gasteiger partial charge on any atom is -0.384 e. The summed E-state index contributed by atoms with van der Waals surface area (Å²) < 4.78 is 0. The first-order valence-corrected chi connectivity index (χ1v) is 4.50. The Bertz CT molecular complexity index is 409. The number of hydrogen-bond donors (Lipinski definition) is 2. The molecule has 1 aromatic rings. The number of rotatable bonds is 0. The van der Waals surface area contributed by atoms with Crippen molar-refractivity contribution in [2.75, 3.05) is 11.5 Å². The molecule has 16 heavy (non-hydrogen) atoms. The maximum Gasteiger partial charge on any atom is 0.178 e. The molecule has 0 radical (unpaired) electrons. The van der Waals surface area contributed by atoms with Gasteiger partial charge in [-0.25, -0.2) is 4.98 Å². The Labute approximate surface area is 92.5 Å². The lowest BCUT2D eigenvalue weighted by Gasteiger charge is -1.90. The molecule has 5 heteroatoms. The number of allylic oxidation sites excluding steroid dienone is 4. The fourth-order valence-corrected chi connectivity index (χ4v) is 0.909. The van der Waals surface area contributed by atoms with Gasteiger partial charge in [0.05, 0.1) is 0 Å². The summed E-state index contributed by atoms with van der Waals surface area (Å²) in [6, 6.07) is 5.14. The molecule has 1 aliphatic rings. The van der Waals surface area contributed by atoms with E-state index in [2.05, 4.69) is 4.98 Å². The van der Waals surface area contributed by atoms with Crippen molar-refractivity contribution >= 4 is 23.2 Å². The third-order valence-corrected chi connectivity index (χ3v) is 1.62. The van der Waals surface area contributed by atoms with Crippen LogP contribution in [-0.2, 0) is 9.59 Å². The van der Waals surface area contributed by atoms with Gasteiger partial charge in [-0.2, -0.15) is 0 Å². The van der Waals surface area contributed by atoms with Gasteiger partial charge in [-0.1, -0.05) is 6.07 Å². The monoisotopic (exact) mass is 217 g/mol. The Kier molecular flexibility index (Phi) is 3.97. The fraction of sp³-hybridized carbons (Fsp3) is 0. The van der Waals surface area contributed by atoms with E-state index in [1.807, 2.05) is 0 Å². The fourth-order valence-electron chi connectivity index (χ4n) is 0.909. The molecule has 0 aromatic carbocycles. The van der Waals surface area contributed by atoms with E-state index in [4.69, 9.17) is 11.5 Å². The van der Waals surface area contributed by atoms with Crippen molar-refractivity contribution < 1.29 is 9.59 Å². The van der Waals surface area contributed by atoms with E-state index in [1.54, 1.807) is 18.2 Å². The van der Waals surface area contributed by atoms with Crippen molar-refractivity contribution in [3.05, 3.63) is 42.5 Å². The summed E-state index contributed by atoms with van der Waals surface area (Å²) in [4.78, 5) is 24.3. The van der Waals surface area contributed by atoms with Crippen LogP contribution < -0.4 is 11.5 Å². The predicted molar refractivity (Wildman–Crippen MR) is 61.4 cm³/mol. The number of aromatic nitrogens is 1. The molecule has 82 valence electrons. The highest BCUT2D eigenvalue weighted by Crippen LogP contribution is 1.99. The number of pyridine rings is 1. The van der Waals surface area contributed by atoms with Crippen LogP contribution in [0.25, 0.3) is 0 Å². The molecular formula is C11H11N3O2. The van der Waals surface area contributed by atoms with Crippen molar-refractivity contribution in [1.82, 2.24) is 4.98 Å². The molecule has 0 aliphatic heterocycles. The van der Waals surface area contributed by atoms with E-state index in [0.29, 0.717) is 11.6 Å². The molecule has 5 nitrogen and oxygen atoms in total. The van der Waals surface area contributed by atoms with Crippen molar-refractivity contribution in [2.24, 2.45) is 0 Å². The number of anilines is 2. The Balaban J connectivity index is 0.000000160. The van der Waals surface area contributed by atoms with E-state index in [9.17, 15) is 9.59 Å². The van der Waals surface area contributed by atoms with Crippen LogP contribution in [0.2, 0.25) is 0 Å². The van der Waals surface area contributed by atoms with Gasteiger partial charge in [-0.15, -0.1) is 0 Å². The van der Waals surface area contributed by atoms with Gasteiger partial charge < -0.3 is 11.5 Å². The smallest absolute Gasteiger partial charge is 0.178 e. The van der Waals surface area contributed by atoms with Crippen LogP contribution in [0.3, 0.4) is 0 Å². The van der Waals surface area contributed by atoms with E-state index in [0.717, 1.165) is 0 Å². The second-order valence-corrected chi connectivity index (χ2v) is 2.96. The maximum absolute atomic E-state index is 10.3. The number of hydrogen-bond acceptors (Lipinski definition) is 5. The molecule has 0 saturated heterocycles. The molecule has 0 atom stereocenters. The lowest BCUT2D eigenvalue weighted by atomic mass is 10.2. The van der Waals surface area contributed by atoms with Crippen molar-refractivity contribution in [3.8, 4) is 0 Å². The maximum atomic E-state index is 10.3. The Hall–Kier alpha value is -2.43. The van der Waals surface area contributed by atoms with Gasteiger partial charge in [0.1, 0.15) is 11.6 Å². The highest BCUT2D eigenvalue weighted by atomic mass is 16.1. The average Bonchev–Trinajstić information content (AvgIpc) is 2.23. The van der Waals surface area contributed by atoms with Crippen molar-refractivity contribution in [2.45, 2.75) is 0 Å². The Morgan fingerprint density at radius 3 is 1.44 bits per heavy atom. The summed E-state index contributed by atoms with van der Waals surface area (Å²) in [6.07, 6.45) is 5.01. The quantitative estimate of drug-likeness (QED) is 0.616. The minimum absolute atomic E-state index is 0.121. The molecule has 0 bridgehead atoms. The third-order valence-electron chi connectivity index (χ3n) is 1.62. The van der Waals surface area contributed by atoms with Crippen LogP contribution >= 0.6 is 0 Å². The molecule has 0 fully saturated rings. The number of carbonyl (C=O) groups is 2.